The van der Waals surface area contributed by atoms with E-state index >= 15 is 0 Å². The van der Waals surface area contributed by atoms with E-state index in [-0.39, 0.29) is 24.4 Å². The highest BCUT2D eigenvalue weighted by Crippen LogP contribution is 2.18. The van der Waals surface area contributed by atoms with Gasteiger partial charge in [0.05, 0.1) is 28.9 Å². The summed E-state index contributed by atoms with van der Waals surface area (Å²) in [5.74, 6) is -4.02. The molecule has 1 amide bonds. The Balaban J connectivity index is 1.81. The highest BCUT2D eigenvalue weighted by atomic mass is 32.2. The van der Waals surface area contributed by atoms with Gasteiger partial charge in [0.25, 0.3) is 5.91 Å². The number of carbonyl (C=O) groups excluding carboxylic acids is 3. The average Bonchev–Trinajstić information content (AvgIpc) is 3.17. The van der Waals surface area contributed by atoms with Crippen LogP contribution in [0.3, 0.4) is 0 Å². The van der Waals surface area contributed by atoms with Gasteiger partial charge in [0.1, 0.15) is 5.82 Å². The summed E-state index contributed by atoms with van der Waals surface area (Å²) >= 11 is 0. The third-order valence-corrected chi connectivity index (χ3v) is 6.70. The molecule has 172 valence electrons. The van der Waals surface area contributed by atoms with Gasteiger partial charge in [-0.25, -0.2) is 22.5 Å². The number of Topliss-reactive ketones (excluding diaryl/α,β-unsaturated/α-hetero) is 2. The molecule has 1 aromatic heterocycles. The fourth-order valence-electron chi connectivity index (χ4n) is 3.50. The fourth-order valence-corrected chi connectivity index (χ4v) is 4.87. The van der Waals surface area contributed by atoms with Crippen LogP contribution < -0.4 is 10.0 Å². The standard InChI is InChI=1S/C21H25FN4O5S/c1-13(2)19(25-32(30,31)17-5-3-15(22)4-6-17)18(27)9-14-10-26-11-16(24-12-26)7-8-23-21(29)20(14)28/h3-6,11-14,19,25H,7-10H2,1-2H3,(H,23,29). The summed E-state index contributed by atoms with van der Waals surface area (Å²) in [7, 11) is -4.11. The number of hydrogen-bond acceptors (Lipinski definition) is 6. The maximum absolute atomic E-state index is 13.2. The molecule has 2 unspecified atom stereocenters. The van der Waals surface area contributed by atoms with Gasteiger partial charge in [0.2, 0.25) is 15.8 Å². The number of nitrogens with zero attached hydrogens (tertiary/aromatic N) is 2. The third-order valence-electron chi connectivity index (χ3n) is 5.25. The molecule has 2 heterocycles. The molecule has 0 aliphatic carbocycles. The maximum Gasteiger partial charge on any atom is 0.287 e. The number of nitrogens with one attached hydrogen (secondary N) is 2. The van der Waals surface area contributed by atoms with Crippen molar-refractivity contribution in [3.8, 4) is 0 Å². The predicted octanol–water partition coefficient (Wildman–Crippen LogP) is 0.842. The Morgan fingerprint density at radius 1 is 1.28 bits per heavy atom. The molecule has 1 aliphatic heterocycles. The number of benzene rings is 1. The van der Waals surface area contributed by atoms with Crippen LogP contribution in [0, 0.1) is 17.7 Å². The molecule has 2 atom stereocenters. The van der Waals surface area contributed by atoms with Crippen LogP contribution in [0.1, 0.15) is 26.0 Å². The van der Waals surface area contributed by atoms with Gasteiger partial charge in [-0.3, -0.25) is 14.4 Å². The zero-order chi connectivity index (χ0) is 23.5. The van der Waals surface area contributed by atoms with Crippen LogP contribution in [0.2, 0.25) is 0 Å². The van der Waals surface area contributed by atoms with Gasteiger partial charge in [-0.05, 0) is 30.2 Å². The Kier molecular flexibility index (Phi) is 7.19. The molecule has 0 spiro atoms. The van der Waals surface area contributed by atoms with Gasteiger partial charge >= 0.3 is 0 Å². The van der Waals surface area contributed by atoms with Crippen molar-refractivity contribution in [2.75, 3.05) is 6.54 Å². The van der Waals surface area contributed by atoms with Crippen LogP contribution in [-0.2, 0) is 37.4 Å². The topological polar surface area (TPSA) is 127 Å². The number of rotatable bonds is 7. The number of ketones is 2. The molecule has 0 saturated heterocycles. The van der Waals surface area contributed by atoms with Gasteiger partial charge < -0.3 is 9.88 Å². The molecule has 32 heavy (non-hydrogen) atoms. The van der Waals surface area contributed by atoms with Crippen molar-refractivity contribution in [1.29, 1.82) is 0 Å². The van der Waals surface area contributed by atoms with Gasteiger partial charge in [0.15, 0.2) is 5.78 Å². The first kappa shape index (κ1) is 23.7. The lowest BCUT2D eigenvalue weighted by molar-refractivity contribution is -0.141. The molecule has 2 bridgehead atoms. The van der Waals surface area contributed by atoms with E-state index in [1.54, 1.807) is 24.6 Å². The van der Waals surface area contributed by atoms with Crippen molar-refractivity contribution in [2.24, 2.45) is 11.8 Å². The lowest BCUT2D eigenvalue weighted by atomic mass is 9.90. The van der Waals surface area contributed by atoms with Crippen molar-refractivity contribution in [3.05, 3.63) is 48.3 Å². The minimum absolute atomic E-state index is 0.0700. The van der Waals surface area contributed by atoms with Crippen molar-refractivity contribution in [2.45, 2.75) is 44.2 Å². The predicted molar refractivity (Wildman–Crippen MR) is 112 cm³/mol. The van der Waals surface area contributed by atoms with E-state index in [1.807, 2.05) is 0 Å². The van der Waals surface area contributed by atoms with Crippen LogP contribution in [0.15, 0.2) is 41.7 Å². The second kappa shape index (κ2) is 9.70. The first-order valence-electron chi connectivity index (χ1n) is 10.2. The van der Waals surface area contributed by atoms with Crippen molar-refractivity contribution in [3.63, 3.8) is 0 Å². The van der Waals surface area contributed by atoms with Crippen LogP contribution >= 0.6 is 0 Å². The second-order valence-corrected chi connectivity index (χ2v) is 9.81. The summed E-state index contributed by atoms with van der Waals surface area (Å²) in [6, 6.07) is 3.10. The quantitative estimate of drug-likeness (QED) is 0.585. The first-order chi connectivity index (χ1) is 15.1. The highest BCUT2D eigenvalue weighted by molar-refractivity contribution is 7.89. The second-order valence-electron chi connectivity index (χ2n) is 8.10. The van der Waals surface area contributed by atoms with Gasteiger partial charge in [-0.1, -0.05) is 13.8 Å². The molecule has 9 nitrogen and oxygen atoms in total. The minimum Gasteiger partial charge on any atom is -0.349 e. The highest BCUT2D eigenvalue weighted by Gasteiger charge is 2.34. The summed E-state index contributed by atoms with van der Waals surface area (Å²) in [5, 5.41) is 2.53. The third kappa shape index (κ3) is 5.65. The Bertz CT molecular complexity index is 1110. The van der Waals surface area contributed by atoms with Crippen LogP contribution in [-0.4, -0.2) is 48.0 Å². The summed E-state index contributed by atoms with van der Waals surface area (Å²) in [4.78, 5) is 42.0. The molecular weight excluding hydrogens is 439 g/mol. The molecule has 2 N–H and O–H groups in total. The number of carbonyl (C=O) groups is 3. The van der Waals surface area contributed by atoms with E-state index in [0.717, 1.165) is 30.0 Å². The number of imidazole rings is 1. The number of aromatic nitrogens is 2. The summed E-state index contributed by atoms with van der Waals surface area (Å²) in [5.41, 5.74) is 0.747. The molecule has 0 radical (unpaired) electrons. The number of amides is 1. The molecule has 2 aromatic rings. The van der Waals surface area contributed by atoms with E-state index in [9.17, 15) is 27.2 Å². The molecular formula is C21H25FN4O5S. The van der Waals surface area contributed by atoms with Crippen molar-refractivity contribution < 1.29 is 27.2 Å². The average molecular weight is 465 g/mol. The van der Waals surface area contributed by atoms with Crippen LogP contribution in [0.4, 0.5) is 4.39 Å². The Labute approximate surface area is 185 Å². The van der Waals surface area contributed by atoms with Gasteiger partial charge in [-0.2, -0.15) is 0 Å². The van der Waals surface area contributed by atoms with E-state index < -0.39 is 51.2 Å². The largest absolute Gasteiger partial charge is 0.349 e. The SMILES string of the molecule is CC(C)C(NS(=O)(=O)c1ccc(F)cc1)C(=O)CC1Cn2cnc(c2)CCNC(=O)C1=O. The zero-order valence-corrected chi connectivity index (χ0v) is 18.6. The first-order valence-corrected chi connectivity index (χ1v) is 11.7. The summed E-state index contributed by atoms with van der Waals surface area (Å²) < 4.78 is 42.6. The van der Waals surface area contributed by atoms with Crippen LogP contribution in [0.5, 0.6) is 0 Å². The smallest absolute Gasteiger partial charge is 0.287 e. The van der Waals surface area contributed by atoms with E-state index in [4.69, 9.17) is 0 Å². The van der Waals surface area contributed by atoms with E-state index in [2.05, 4.69) is 15.0 Å². The Morgan fingerprint density at radius 3 is 2.62 bits per heavy atom. The molecule has 0 fully saturated rings. The molecule has 1 aliphatic rings. The minimum atomic E-state index is -4.11. The monoisotopic (exact) mass is 464 g/mol. The van der Waals surface area contributed by atoms with Crippen LogP contribution in [0.25, 0.3) is 0 Å². The van der Waals surface area contributed by atoms with Gasteiger partial charge in [0, 0.05) is 32.1 Å². The maximum atomic E-state index is 13.2. The molecule has 1 aromatic carbocycles. The molecule has 0 saturated carbocycles. The summed E-state index contributed by atoms with van der Waals surface area (Å²) in [6.07, 6.45) is 3.44. The number of halogens is 1. The lowest BCUT2D eigenvalue weighted by Crippen LogP contribution is -2.46. The van der Waals surface area contributed by atoms with Crippen molar-refractivity contribution in [1.82, 2.24) is 19.6 Å². The number of sulfonamides is 1. The lowest BCUT2D eigenvalue weighted by Gasteiger charge is -2.24. The van der Waals surface area contributed by atoms with E-state index in [0.29, 0.717) is 6.42 Å². The Hall–Kier alpha value is -2.92. The van der Waals surface area contributed by atoms with E-state index in [1.165, 1.54) is 6.33 Å². The van der Waals surface area contributed by atoms with Gasteiger partial charge in [-0.15, -0.1) is 0 Å². The molecule has 11 heteroatoms. The number of fused-ring (bicyclic) bond motifs is 2. The summed E-state index contributed by atoms with van der Waals surface area (Å²) in [6.45, 7) is 3.65. The van der Waals surface area contributed by atoms with Crippen molar-refractivity contribution >= 4 is 27.5 Å². The normalized spacial score (nSPS) is 18.3. The fraction of sp³-hybridized carbons (Fsp3) is 0.429. The molecule has 3 rings (SSSR count). The zero-order valence-electron chi connectivity index (χ0n) is 17.7. The Morgan fingerprint density at radius 2 is 1.97 bits per heavy atom. The number of hydrogen-bond donors (Lipinski definition) is 2.